The van der Waals surface area contributed by atoms with Gasteiger partial charge in [-0.15, -0.1) is 0 Å². The van der Waals surface area contributed by atoms with Gasteiger partial charge in [-0.2, -0.15) is 0 Å². The molecule has 1 aromatic heterocycles. The second-order valence-corrected chi connectivity index (χ2v) is 6.94. The lowest BCUT2D eigenvalue weighted by Gasteiger charge is -2.20. The number of halogens is 1. The van der Waals surface area contributed by atoms with Crippen molar-refractivity contribution >= 4 is 33.4 Å². The van der Waals surface area contributed by atoms with E-state index in [1.807, 2.05) is 32.9 Å². The van der Waals surface area contributed by atoms with Crippen LogP contribution in [0.15, 0.2) is 39.4 Å². The highest BCUT2D eigenvalue weighted by Gasteiger charge is 2.17. The maximum atomic E-state index is 12.0. The number of carbonyl (C=O) groups excluding carboxylic acids is 1. The lowest BCUT2D eigenvalue weighted by Crippen LogP contribution is -2.27. The summed E-state index contributed by atoms with van der Waals surface area (Å²) in [6.07, 6.45) is 1.08. The molecule has 0 atom stereocenters. The summed E-state index contributed by atoms with van der Waals surface area (Å²) in [6, 6.07) is 7.24. The van der Waals surface area contributed by atoms with Crippen LogP contribution in [0.3, 0.4) is 0 Å². The van der Waals surface area contributed by atoms with Crippen molar-refractivity contribution in [3.05, 3.63) is 40.8 Å². The van der Waals surface area contributed by atoms with Crippen molar-refractivity contribution in [3.8, 4) is 5.75 Å². The molecule has 0 aliphatic heterocycles. The normalized spacial score (nSPS) is 11.0. The number of amides is 1. The monoisotopic (exact) mass is 396 g/mol. The van der Waals surface area contributed by atoms with Crippen LogP contribution in [0.1, 0.15) is 26.5 Å². The van der Waals surface area contributed by atoms with Gasteiger partial charge in [0.25, 0.3) is 0 Å². The predicted molar refractivity (Wildman–Crippen MR) is 96.6 cm³/mol. The van der Waals surface area contributed by atoms with Gasteiger partial charge in [0.05, 0.1) is 30.1 Å². The molecular weight excluding hydrogens is 376 g/mol. The highest BCUT2D eigenvalue weighted by molar-refractivity contribution is 9.10. The summed E-state index contributed by atoms with van der Waals surface area (Å²) >= 11 is 3.41. The second-order valence-electron chi connectivity index (χ2n) is 6.09. The minimum Gasteiger partial charge on any atom is -0.495 e. The molecule has 0 fully saturated rings. The third kappa shape index (κ3) is 5.19. The number of hydrogen-bond acceptors (Lipinski definition) is 5. The highest BCUT2D eigenvalue weighted by Crippen LogP contribution is 2.29. The molecule has 0 bridgehead atoms. The number of anilines is 2. The van der Waals surface area contributed by atoms with Gasteiger partial charge in [0.2, 0.25) is 0 Å². The second kappa shape index (κ2) is 7.61. The standard InChI is InChI=1S/C17H21BrN2O4/c1-17(2,3)24-16(21)20-13-9-11(5-6-14(13)22-4)19-10-15-12(18)7-8-23-15/h5-9,19H,10H2,1-4H3,(H,20,21). The summed E-state index contributed by atoms with van der Waals surface area (Å²) in [4.78, 5) is 12.0. The van der Waals surface area contributed by atoms with Crippen molar-refractivity contribution in [2.75, 3.05) is 17.7 Å². The molecule has 0 unspecified atom stereocenters. The smallest absolute Gasteiger partial charge is 0.412 e. The Hall–Kier alpha value is -2.15. The average Bonchev–Trinajstić information content (AvgIpc) is 2.88. The molecule has 130 valence electrons. The molecule has 0 radical (unpaired) electrons. The molecule has 6 nitrogen and oxygen atoms in total. The van der Waals surface area contributed by atoms with Gasteiger partial charge in [0.1, 0.15) is 17.1 Å². The van der Waals surface area contributed by atoms with Crippen molar-refractivity contribution < 1.29 is 18.7 Å². The van der Waals surface area contributed by atoms with Gasteiger partial charge in [0.15, 0.2) is 0 Å². The van der Waals surface area contributed by atoms with Crippen LogP contribution in [-0.4, -0.2) is 18.8 Å². The first-order valence-electron chi connectivity index (χ1n) is 7.42. The van der Waals surface area contributed by atoms with Crippen LogP contribution in [0, 0.1) is 0 Å². The molecule has 24 heavy (non-hydrogen) atoms. The summed E-state index contributed by atoms with van der Waals surface area (Å²) in [7, 11) is 1.54. The molecule has 2 aromatic rings. The van der Waals surface area contributed by atoms with Crippen LogP contribution < -0.4 is 15.4 Å². The SMILES string of the molecule is COc1ccc(NCc2occc2Br)cc1NC(=O)OC(C)(C)C. The number of nitrogens with one attached hydrogen (secondary N) is 2. The largest absolute Gasteiger partial charge is 0.495 e. The minimum atomic E-state index is -0.571. The quantitative estimate of drug-likeness (QED) is 0.742. The first-order valence-corrected chi connectivity index (χ1v) is 8.21. The van der Waals surface area contributed by atoms with Crippen LogP contribution in [0.2, 0.25) is 0 Å². The van der Waals surface area contributed by atoms with E-state index in [1.54, 1.807) is 25.5 Å². The molecule has 1 amide bonds. The Morgan fingerprint density at radius 2 is 2.04 bits per heavy atom. The summed E-state index contributed by atoms with van der Waals surface area (Å²) in [6.45, 7) is 5.93. The van der Waals surface area contributed by atoms with Crippen molar-refractivity contribution in [1.82, 2.24) is 0 Å². The topological polar surface area (TPSA) is 72.7 Å². The molecule has 0 saturated heterocycles. The van der Waals surface area contributed by atoms with E-state index in [4.69, 9.17) is 13.9 Å². The lowest BCUT2D eigenvalue weighted by molar-refractivity contribution is 0.0635. The van der Waals surface area contributed by atoms with Crippen molar-refractivity contribution in [1.29, 1.82) is 0 Å². The Labute approximate surface area is 149 Å². The van der Waals surface area contributed by atoms with Gasteiger partial charge in [-0.25, -0.2) is 4.79 Å². The number of rotatable bonds is 5. The van der Waals surface area contributed by atoms with Gasteiger partial charge < -0.3 is 19.2 Å². The summed E-state index contributed by atoms with van der Waals surface area (Å²) in [5.41, 5.74) is 0.763. The highest BCUT2D eigenvalue weighted by atomic mass is 79.9. The molecule has 0 saturated carbocycles. The minimum absolute atomic E-state index is 0.506. The van der Waals surface area contributed by atoms with E-state index in [0.717, 1.165) is 15.9 Å². The zero-order valence-corrected chi connectivity index (χ0v) is 15.7. The molecule has 1 aromatic carbocycles. The van der Waals surface area contributed by atoms with Crippen LogP contribution in [0.5, 0.6) is 5.75 Å². The zero-order chi connectivity index (χ0) is 17.7. The average molecular weight is 397 g/mol. The van der Waals surface area contributed by atoms with E-state index in [-0.39, 0.29) is 0 Å². The molecule has 7 heteroatoms. The van der Waals surface area contributed by atoms with Crippen molar-refractivity contribution in [2.24, 2.45) is 0 Å². The van der Waals surface area contributed by atoms with E-state index in [0.29, 0.717) is 18.0 Å². The van der Waals surface area contributed by atoms with E-state index in [9.17, 15) is 4.79 Å². The molecule has 1 heterocycles. The summed E-state index contributed by atoms with van der Waals surface area (Å²) in [5.74, 6) is 1.33. The molecule has 0 spiro atoms. The van der Waals surface area contributed by atoms with Crippen LogP contribution in [0.25, 0.3) is 0 Å². The summed E-state index contributed by atoms with van der Waals surface area (Å²) in [5, 5.41) is 5.93. The number of hydrogen-bond donors (Lipinski definition) is 2. The predicted octanol–water partition coefficient (Wildman–Crippen LogP) is 5.01. The number of furan rings is 1. The molecular formula is C17H21BrN2O4. The number of ether oxygens (including phenoxy) is 2. The third-order valence-electron chi connectivity index (χ3n) is 2.98. The number of methoxy groups -OCH3 is 1. The molecule has 0 aliphatic carbocycles. The van der Waals surface area contributed by atoms with E-state index < -0.39 is 11.7 Å². The Balaban J connectivity index is 2.09. The number of carbonyl (C=O) groups is 1. The first kappa shape index (κ1) is 18.2. The van der Waals surface area contributed by atoms with Gasteiger partial charge in [-0.1, -0.05) is 0 Å². The molecule has 2 N–H and O–H groups in total. The maximum Gasteiger partial charge on any atom is 0.412 e. The Kier molecular flexibility index (Phi) is 5.77. The van der Waals surface area contributed by atoms with E-state index in [1.165, 1.54) is 0 Å². The van der Waals surface area contributed by atoms with Gasteiger partial charge in [-0.05, 0) is 61.0 Å². The van der Waals surface area contributed by atoms with E-state index in [2.05, 4.69) is 26.6 Å². The number of benzene rings is 1. The Morgan fingerprint density at radius 1 is 1.29 bits per heavy atom. The molecule has 0 aliphatic rings. The van der Waals surface area contributed by atoms with Crippen LogP contribution in [0.4, 0.5) is 16.2 Å². The fourth-order valence-corrected chi connectivity index (χ4v) is 2.30. The fourth-order valence-electron chi connectivity index (χ4n) is 1.96. The van der Waals surface area contributed by atoms with Crippen LogP contribution in [-0.2, 0) is 11.3 Å². The maximum absolute atomic E-state index is 12.0. The van der Waals surface area contributed by atoms with Crippen LogP contribution >= 0.6 is 15.9 Å². The fraction of sp³-hybridized carbons (Fsp3) is 0.353. The Bertz CT molecular complexity index is 707. The van der Waals surface area contributed by atoms with Gasteiger partial charge >= 0.3 is 6.09 Å². The summed E-state index contributed by atoms with van der Waals surface area (Å²) < 4.78 is 16.8. The third-order valence-corrected chi connectivity index (χ3v) is 3.69. The Morgan fingerprint density at radius 3 is 2.62 bits per heavy atom. The van der Waals surface area contributed by atoms with Crippen molar-refractivity contribution in [2.45, 2.75) is 32.9 Å². The van der Waals surface area contributed by atoms with Crippen molar-refractivity contribution in [3.63, 3.8) is 0 Å². The zero-order valence-electron chi connectivity index (χ0n) is 14.1. The van der Waals surface area contributed by atoms with Gasteiger partial charge in [0, 0.05) is 5.69 Å². The molecule has 2 rings (SSSR count). The van der Waals surface area contributed by atoms with E-state index >= 15 is 0 Å². The van der Waals surface area contributed by atoms with Gasteiger partial charge in [-0.3, -0.25) is 5.32 Å². The first-order chi connectivity index (χ1) is 11.3. The lowest BCUT2D eigenvalue weighted by atomic mass is 10.2.